The zero-order valence-electron chi connectivity index (χ0n) is 9.16. The molecule has 3 heteroatoms. The van der Waals surface area contributed by atoms with Gasteiger partial charge in [0.15, 0.2) is 0 Å². The second kappa shape index (κ2) is 4.60. The molecule has 1 N–H and O–H groups in total. The summed E-state index contributed by atoms with van der Waals surface area (Å²) >= 11 is 0. The summed E-state index contributed by atoms with van der Waals surface area (Å²) in [5.74, 6) is -0.778. The van der Waals surface area contributed by atoms with Crippen molar-refractivity contribution in [1.29, 1.82) is 0 Å². The summed E-state index contributed by atoms with van der Waals surface area (Å²) < 4.78 is 0. The monoisotopic (exact) mass is 197 g/mol. The second-order valence-electron chi connectivity index (χ2n) is 3.98. The Morgan fingerprint density at radius 2 is 2.36 bits per heavy atom. The minimum Gasteiger partial charge on any atom is -0.478 e. The average Bonchev–Trinajstić information content (AvgIpc) is 2.13. The SMILES string of the molecule is CCC[C@@H]1CC=C(C(=O)O)C(C)N1C. The number of carbonyl (C=O) groups is 1. The number of aliphatic carboxylic acids is 1. The lowest BCUT2D eigenvalue weighted by Crippen LogP contribution is -2.43. The number of carboxylic acid groups (broad SMARTS) is 1. The van der Waals surface area contributed by atoms with Gasteiger partial charge >= 0.3 is 5.97 Å². The highest BCUT2D eigenvalue weighted by Gasteiger charge is 2.28. The van der Waals surface area contributed by atoms with Crippen LogP contribution in [0.5, 0.6) is 0 Å². The molecule has 1 aliphatic rings. The van der Waals surface area contributed by atoms with Crippen molar-refractivity contribution in [3.63, 3.8) is 0 Å². The Morgan fingerprint density at radius 1 is 1.71 bits per heavy atom. The summed E-state index contributed by atoms with van der Waals surface area (Å²) in [5.41, 5.74) is 0.542. The Bertz CT molecular complexity index is 248. The van der Waals surface area contributed by atoms with Gasteiger partial charge in [0.1, 0.15) is 0 Å². The van der Waals surface area contributed by atoms with Gasteiger partial charge in [-0.15, -0.1) is 0 Å². The summed E-state index contributed by atoms with van der Waals surface area (Å²) in [7, 11) is 2.01. The molecule has 3 nitrogen and oxygen atoms in total. The van der Waals surface area contributed by atoms with E-state index >= 15 is 0 Å². The zero-order chi connectivity index (χ0) is 10.7. The van der Waals surface area contributed by atoms with E-state index in [-0.39, 0.29) is 6.04 Å². The van der Waals surface area contributed by atoms with Crippen LogP contribution in [0.15, 0.2) is 11.6 Å². The first kappa shape index (κ1) is 11.2. The molecule has 0 aliphatic carbocycles. The van der Waals surface area contributed by atoms with Crippen molar-refractivity contribution >= 4 is 5.97 Å². The van der Waals surface area contributed by atoms with Crippen molar-refractivity contribution in [1.82, 2.24) is 4.90 Å². The van der Waals surface area contributed by atoms with E-state index in [9.17, 15) is 4.79 Å². The molecule has 2 atom stereocenters. The number of nitrogens with zero attached hydrogens (tertiary/aromatic N) is 1. The summed E-state index contributed by atoms with van der Waals surface area (Å²) in [5, 5.41) is 8.95. The predicted molar refractivity (Wildman–Crippen MR) is 56.3 cm³/mol. The summed E-state index contributed by atoms with van der Waals surface area (Å²) in [6.07, 6.45) is 5.05. The lowest BCUT2D eigenvalue weighted by molar-refractivity contribution is -0.133. The van der Waals surface area contributed by atoms with Gasteiger partial charge in [0.2, 0.25) is 0 Å². The Labute approximate surface area is 85.4 Å². The van der Waals surface area contributed by atoms with Crippen LogP contribution < -0.4 is 0 Å². The van der Waals surface area contributed by atoms with E-state index in [1.54, 1.807) is 0 Å². The fourth-order valence-corrected chi connectivity index (χ4v) is 2.06. The molecule has 0 aromatic heterocycles. The highest BCUT2D eigenvalue weighted by atomic mass is 16.4. The first-order chi connectivity index (χ1) is 6.57. The van der Waals surface area contributed by atoms with Gasteiger partial charge in [0.25, 0.3) is 0 Å². The van der Waals surface area contributed by atoms with Crippen molar-refractivity contribution in [2.24, 2.45) is 0 Å². The average molecular weight is 197 g/mol. The number of hydrogen-bond donors (Lipinski definition) is 1. The maximum atomic E-state index is 10.9. The van der Waals surface area contributed by atoms with Gasteiger partial charge in [0, 0.05) is 17.7 Å². The normalized spacial score (nSPS) is 28.6. The Morgan fingerprint density at radius 3 is 2.86 bits per heavy atom. The number of likely N-dealkylation sites (N-methyl/N-ethyl adjacent to an activating group) is 1. The van der Waals surface area contributed by atoms with Crippen LogP contribution in [0.4, 0.5) is 0 Å². The quantitative estimate of drug-likeness (QED) is 0.751. The number of hydrogen-bond acceptors (Lipinski definition) is 2. The lowest BCUT2D eigenvalue weighted by Gasteiger charge is -2.36. The Kier molecular flexibility index (Phi) is 3.69. The summed E-state index contributed by atoms with van der Waals surface area (Å²) in [4.78, 5) is 13.1. The van der Waals surface area contributed by atoms with Crippen molar-refractivity contribution < 1.29 is 9.90 Å². The van der Waals surface area contributed by atoms with Gasteiger partial charge < -0.3 is 5.11 Å². The molecular formula is C11H19NO2. The maximum absolute atomic E-state index is 10.9. The second-order valence-corrected chi connectivity index (χ2v) is 3.98. The van der Waals surface area contributed by atoms with Crippen molar-refractivity contribution in [2.75, 3.05) is 7.05 Å². The van der Waals surface area contributed by atoms with Crippen LogP contribution in [0.25, 0.3) is 0 Å². The van der Waals surface area contributed by atoms with Crippen LogP contribution in [0.3, 0.4) is 0 Å². The van der Waals surface area contributed by atoms with Crippen LogP contribution in [0.2, 0.25) is 0 Å². The fraction of sp³-hybridized carbons (Fsp3) is 0.727. The summed E-state index contributed by atoms with van der Waals surface area (Å²) in [6, 6.07) is 0.552. The molecule has 1 heterocycles. The smallest absolute Gasteiger partial charge is 0.332 e. The van der Waals surface area contributed by atoms with E-state index in [0.717, 1.165) is 19.3 Å². The predicted octanol–water partition coefficient (Wildman–Crippen LogP) is 1.89. The lowest BCUT2D eigenvalue weighted by atomic mass is 9.94. The highest BCUT2D eigenvalue weighted by Crippen LogP contribution is 2.23. The number of carboxylic acids is 1. The molecule has 0 saturated carbocycles. The van der Waals surface area contributed by atoms with Gasteiger partial charge in [-0.25, -0.2) is 4.79 Å². The van der Waals surface area contributed by atoms with E-state index in [1.165, 1.54) is 0 Å². The van der Waals surface area contributed by atoms with E-state index < -0.39 is 5.97 Å². The van der Waals surface area contributed by atoms with Crippen molar-refractivity contribution in [3.05, 3.63) is 11.6 Å². The van der Waals surface area contributed by atoms with E-state index in [2.05, 4.69) is 11.8 Å². The minimum atomic E-state index is -0.778. The third kappa shape index (κ3) is 2.15. The summed E-state index contributed by atoms with van der Waals surface area (Å²) in [6.45, 7) is 4.12. The van der Waals surface area contributed by atoms with Gasteiger partial charge in [-0.3, -0.25) is 4.90 Å². The molecular weight excluding hydrogens is 178 g/mol. The van der Waals surface area contributed by atoms with Gasteiger partial charge in [0.05, 0.1) is 0 Å². The Balaban J connectivity index is 2.75. The molecule has 0 fully saturated rings. The first-order valence-electron chi connectivity index (χ1n) is 5.23. The van der Waals surface area contributed by atoms with E-state index in [4.69, 9.17) is 5.11 Å². The van der Waals surface area contributed by atoms with Crippen LogP contribution in [-0.2, 0) is 4.79 Å². The first-order valence-corrected chi connectivity index (χ1v) is 5.23. The largest absolute Gasteiger partial charge is 0.478 e. The molecule has 1 aliphatic heterocycles. The molecule has 0 radical (unpaired) electrons. The van der Waals surface area contributed by atoms with Crippen LogP contribution in [0, 0.1) is 0 Å². The molecule has 14 heavy (non-hydrogen) atoms. The zero-order valence-corrected chi connectivity index (χ0v) is 9.16. The van der Waals surface area contributed by atoms with Crippen molar-refractivity contribution in [3.8, 4) is 0 Å². The van der Waals surface area contributed by atoms with Gasteiger partial charge in [-0.2, -0.15) is 0 Å². The third-order valence-electron chi connectivity index (χ3n) is 3.12. The molecule has 0 amide bonds. The van der Waals surface area contributed by atoms with Crippen LogP contribution in [-0.4, -0.2) is 35.1 Å². The van der Waals surface area contributed by atoms with E-state index in [1.807, 2.05) is 20.0 Å². The molecule has 80 valence electrons. The molecule has 0 aromatic carbocycles. The topological polar surface area (TPSA) is 40.5 Å². The highest BCUT2D eigenvalue weighted by molar-refractivity contribution is 5.88. The molecule has 0 saturated heterocycles. The van der Waals surface area contributed by atoms with Gasteiger partial charge in [-0.1, -0.05) is 19.4 Å². The standard InChI is InChI=1S/C11H19NO2/c1-4-5-9-6-7-10(11(13)14)8(2)12(9)3/h7-9H,4-6H2,1-3H3,(H,13,14)/t8?,9-/m1/s1. The Hall–Kier alpha value is -0.830. The van der Waals surface area contributed by atoms with Crippen LogP contribution >= 0.6 is 0 Å². The molecule has 0 aromatic rings. The maximum Gasteiger partial charge on any atom is 0.332 e. The van der Waals surface area contributed by atoms with Crippen LogP contribution in [0.1, 0.15) is 33.1 Å². The number of rotatable bonds is 3. The molecule has 1 rings (SSSR count). The molecule has 0 bridgehead atoms. The molecule has 0 spiro atoms. The van der Waals surface area contributed by atoms with Crippen molar-refractivity contribution in [2.45, 2.75) is 45.2 Å². The third-order valence-corrected chi connectivity index (χ3v) is 3.12. The van der Waals surface area contributed by atoms with Gasteiger partial charge in [-0.05, 0) is 26.8 Å². The fourth-order valence-electron chi connectivity index (χ4n) is 2.06. The van der Waals surface area contributed by atoms with E-state index in [0.29, 0.717) is 11.6 Å². The molecule has 1 unspecified atom stereocenters. The minimum absolute atomic E-state index is 0.0396.